The predicted octanol–water partition coefficient (Wildman–Crippen LogP) is 2.76. The van der Waals surface area contributed by atoms with Gasteiger partial charge in [0.05, 0.1) is 6.61 Å². The molecule has 0 radical (unpaired) electrons. The molecule has 3 nitrogen and oxygen atoms in total. The summed E-state index contributed by atoms with van der Waals surface area (Å²) in [6.07, 6.45) is 1.00. The molecule has 0 bridgehead atoms. The van der Waals surface area contributed by atoms with Crippen LogP contribution in [0.15, 0.2) is 18.2 Å². The minimum atomic E-state index is -0.206. The highest BCUT2D eigenvalue weighted by molar-refractivity contribution is 7.14. The summed E-state index contributed by atoms with van der Waals surface area (Å²) in [7, 11) is 0. The van der Waals surface area contributed by atoms with Gasteiger partial charge in [0, 0.05) is 17.3 Å². The van der Waals surface area contributed by atoms with E-state index in [9.17, 15) is 4.79 Å². The second-order valence-electron chi connectivity index (χ2n) is 4.83. The zero-order chi connectivity index (χ0) is 13.1. The SMILES string of the molecule is C=C(C)C(C)COC(=O)c1cc2c(s1)CNCC2. The fourth-order valence-corrected chi connectivity index (χ4v) is 2.84. The lowest BCUT2D eigenvalue weighted by Gasteiger charge is -2.10. The predicted molar refractivity (Wildman–Crippen MR) is 74.0 cm³/mol. The van der Waals surface area contributed by atoms with Crippen LogP contribution in [0.5, 0.6) is 0 Å². The van der Waals surface area contributed by atoms with E-state index in [1.54, 1.807) is 11.3 Å². The van der Waals surface area contributed by atoms with Crippen LogP contribution < -0.4 is 5.32 Å². The number of carbonyl (C=O) groups is 1. The van der Waals surface area contributed by atoms with Crippen LogP contribution in [-0.2, 0) is 17.7 Å². The smallest absolute Gasteiger partial charge is 0.348 e. The molecule has 0 aliphatic carbocycles. The molecule has 1 N–H and O–H groups in total. The van der Waals surface area contributed by atoms with Crippen molar-refractivity contribution in [1.29, 1.82) is 0 Å². The van der Waals surface area contributed by atoms with Gasteiger partial charge in [-0.15, -0.1) is 11.3 Å². The van der Waals surface area contributed by atoms with E-state index in [1.807, 2.05) is 19.9 Å². The summed E-state index contributed by atoms with van der Waals surface area (Å²) in [5.74, 6) is 0.00713. The lowest BCUT2D eigenvalue weighted by atomic mass is 10.1. The summed E-state index contributed by atoms with van der Waals surface area (Å²) in [4.78, 5) is 13.9. The summed E-state index contributed by atoms with van der Waals surface area (Å²) in [6, 6.07) is 1.98. The Labute approximate surface area is 112 Å². The van der Waals surface area contributed by atoms with Crippen LogP contribution in [0.2, 0.25) is 0 Å². The third-order valence-electron chi connectivity index (χ3n) is 3.26. The number of hydrogen-bond acceptors (Lipinski definition) is 4. The highest BCUT2D eigenvalue weighted by atomic mass is 32.1. The highest BCUT2D eigenvalue weighted by Crippen LogP contribution is 2.26. The molecular formula is C14H19NO2S. The van der Waals surface area contributed by atoms with Crippen LogP contribution in [0.1, 0.15) is 34.0 Å². The quantitative estimate of drug-likeness (QED) is 0.672. The van der Waals surface area contributed by atoms with Crippen molar-refractivity contribution in [2.75, 3.05) is 13.2 Å². The van der Waals surface area contributed by atoms with Crippen LogP contribution in [0.25, 0.3) is 0 Å². The molecule has 0 amide bonds. The number of fused-ring (bicyclic) bond motifs is 1. The molecule has 1 aromatic heterocycles. The molecule has 1 atom stereocenters. The van der Waals surface area contributed by atoms with Crippen molar-refractivity contribution in [3.63, 3.8) is 0 Å². The minimum absolute atomic E-state index is 0.206. The molecule has 4 heteroatoms. The van der Waals surface area contributed by atoms with Crippen molar-refractivity contribution >= 4 is 17.3 Å². The number of nitrogens with one attached hydrogen (secondary N) is 1. The van der Waals surface area contributed by atoms with E-state index in [0.29, 0.717) is 6.61 Å². The normalized spacial score (nSPS) is 15.9. The fourth-order valence-electron chi connectivity index (χ4n) is 1.77. The molecular weight excluding hydrogens is 246 g/mol. The Kier molecular flexibility index (Phi) is 4.19. The minimum Gasteiger partial charge on any atom is -0.461 e. The molecule has 0 fully saturated rings. The molecule has 98 valence electrons. The number of hydrogen-bond donors (Lipinski definition) is 1. The van der Waals surface area contributed by atoms with Crippen LogP contribution in [0, 0.1) is 5.92 Å². The topological polar surface area (TPSA) is 38.3 Å². The van der Waals surface area contributed by atoms with Crippen molar-refractivity contribution in [1.82, 2.24) is 5.32 Å². The van der Waals surface area contributed by atoms with Crippen LogP contribution >= 0.6 is 11.3 Å². The third kappa shape index (κ3) is 3.00. The van der Waals surface area contributed by atoms with Gasteiger partial charge in [-0.2, -0.15) is 0 Å². The number of carbonyl (C=O) groups excluding carboxylic acids is 1. The summed E-state index contributed by atoms with van der Waals surface area (Å²) in [5, 5.41) is 3.31. The second-order valence-corrected chi connectivity index (χ2v) is 5.97. The van der Waals surface area contributed by atoms with Crippen LogP contribution in [0.4, 0.5) is 0 Å². The van der Waals surface area contributed by atoms with E-state index in [1.165, 1.54) is 10.4 Å². The number of thiophene rings is 1. The molecule has 2 rings (SSSR count). The Balaban J connectivity index is 1.97. The summed E-state index contributed by atoms with van der Waals surface area (Å²) >= 11 is 1.54. The van der Waals surface area contributed by atoms with Crippen LogP contribution in [-0.4, -0.2) is 19.1 Å². The van der Waals surface area contributed by atoms with Crippen LogP contribution in [0.3, 0.4) is 0 Å². The maximum absolute atomic E-state index is 11.9. The van der Waals surface area contributed by atoms with Crippen molar-refractivity contribution in [2.45, 2.75) is 26.8 Å². The van der Waals surface area contributed by atoms with Crippen molar-refractivity contribution in [2.24, 2.45) is 5.92 Å². The monoisotopic (exact) mass is 265 g/mol. The molecule has 18 heavy (non-hydrogen) atoms. The van der Waals surface area contributed by atoms with E-state index in [4.69, 9.17) is 4.74 Å². The summed E-state index contributed by atoms with van der Waals surface area (Å²) in [6.45, 7) is 10.1. The van der Waals surface area contributed by atoms with Gasteiger partial charge in [-0.25, -0.2) is 4.79 Å². The van der Waals surface area contributed by atoms with Gasteiger partial charge in [0.2, 0.25) is 0 Å². The van der Waals surface area contributed by atoms with Gasteiger partial charge in [0.25, 0.3) is 0 Å². The Hall–Kier alpha value is -1.13. The second kappa shape index (κ2) is 5.67. The Morgan fingerprint density at radius 1 is 1.67 bits per heavy atom. The molecule has 0 spiro atoms. The summed E-state index contributed by atoms with van der Waals surface area (Å²) in [5.41, 5.74) is 2.33. The Morgan fingerprint density at radius 2 is 2.44 bits per heavy atom. The molecule has 0 saturated heterocycles. The van der Waals surface area contributed by atoms with Crippen molar-refractivity contribution in [3.8, 4) is 0 Å². The molecule has 1 aliphatic heterocycles. The zero-order valence-electron chi connectivity index (χ0n) is 10.9. The lowest BCUT2D eigenvalue weighted by molar-refractivity contribution is 0.0473. The van der Waals surface area contributed by atoms with Gasteiger partial charge in [0.1, 0.15) is 4.88 Å². The number of ether oxygens (including phenoxy) is 1. The van der Waals surface area contributed by atoms with E-state index in [2.05, 4.69) is 11.9 Å². The largest absolute Gasteiger partial charge is 0.461 e. The highest BCUT2D eigenvalue weighted by Gasteiger charge is 2.18. The van der Waals surface area contributed by atoms with Gasteiger partial charge in [0.15, 0.2) is 0 Å². The fraction of sp³-hybridized carbons (Fsp3) is 0.500. The third-order valence-corrected chi connectivity index (χ3v) is 4.42. The van der Waals surface area contributed by atoms with Gasteiger partial charge in [-0.3, -0.25) is 0 Å². The molecule has 1 aliphatic rings. The van der Waals surface area contributed by atoms with E-state index in [0.717, 1.165) is 30.0 Å². The standard InChI is InChI=1S/C14H19NO2S/c1-9(2)10(3)8-17-14(16)12-6-11-4-5-15-7-13(11)18-12/h6,10,15H,1,4-5,7-8H2,2-3H3. The maximum Gasteiger partial charge on any atom is 0.348 e. The maximum atomic E-state index is 11.9. The first kappa shape index (κ1) is 13.3. The Morgan fingerprint density at radius 3 is 3.11 bits per heavy atom. The van der Waals surface area contributed by atoms with Gasteiger partial charge < -0.3 is 10.1 Å². The number of rotatable bonds is 4. The number of esters is 1. The Bertz CT molecular complexity index is 441. The van der Waals surface area contributed by atoms with Crippen molar-refractivity contribution < 1.29 is 9.53 Å². The van der Waals surface area contributed by atoms with Crippen molar-refractivity contribution in [3.05, 3.63) is 33.5 Å². The van der Waals surface area contributed by atoms with E-state index in [-0.39, 0.29) is 11.9 Å². The lowest BCUT2D eigenvalue weighted by Crippen LogP contribution is -2.21. The van der Waals surface area contributed by atoms with E-state index < -0.39 is 0 Å². The first-order valence-corrected chi connectivity index (χ1v) is 7.04. The molecule has 1 aromatic rings. The molecule has 2 heterocycles. The molecule has 0 saturated carbocycles. The average Bonchev–Trinajstić information content (AvgIpc) is 2.79. The zero-order valence-corrected chi connectivity index (χ0v) is 11.7. The first-order valence-electron chi connectivity index (χ1n) is 6.22. The average molecular weight is 265 g/mol. The summed E-state index contributed by atoms with van der Waals surface area (Å²) < 4.78 is 5.32. The molecule has 0 aromatic carbocycles. The van der Waals surface area contributed by atoms with Gasteiger partial charge in [-0.05, 0) is 31.5 Å². The van der Waals surface area contributed by atoms with Gasteiger partial charge >= 0.3 is 5.97 Å². The van der Waals surface area contributed by atoms with Gasteiger partial charge in [-0.1, -0.05) is 19.1 Å². The van der Waals surface area contributed by atoms with E-state index >= 15 is 0 Å². The molecule has 1 unspecified atom stereocenters. The first-order chi connectivity index (χ1) is 8.58.